The lowest BCUT2D eigenvalue weighted by atomic mass is 9.84. The number of carbonyl (C=O) groups excluding carboxylic acids is 2. The second kappa shape index (κ2) is 7.95. The van der Waals surface area contributed by atoms with Gasteiger partial charge in [0, 0.05) is 37.7 Å². The number of hydrogen-bond donors (Lipinski definition) is 0. The highest BCUT2D eigenvalue weighted by atomic mass is 16.2. The van der Waals surface area contributed by atoms with Gasteiger partial charge >= 0.3 is 0 Å². The standard InChI is InChI=1S/C23H26N2O2/c26-22(19-9-4-10-19)24-13-6-14-25(16-15-24)23(27)21-12-5-11-20(17-21)18-7-2-1-3-8-18/h1-3,5,7-8,11-12,17,19H,4,6,9-10,13-16H2. The SMILES string of the molecule is O=C(c1cccc(-c2ccccc2)c1)N1CCCN(C(=O)C2CCC2)CC1. The summed E-state index contributed by atoms with van der Waals surface area (Å²) < 4.78 is 0. The fourth-order valence-corrected chi connectivity index (χ4v) is 3.90. The van der Waals surface area contributed by atoms with Crippen LogP contribution in [0.1, 0.15) is 36.0 Å². The van der Waals surface area contributed by atoms with E-state index in [0.717, 1.165) is 42.5 Å². The van der Waals surface area contributed by atoms with Gasteiger partial charge in [0.25, 0.3) is 5.91 Å². The lowest BCUT2D eigenvalue weighted by Gasteiger charge is -2.31. The second-order valence-corrected chi connectivity index (χ2v) is 7.55. The molecule has 140 valence electrons. The van der Waals surface area contributed by atoms with Gasteiger partial charge in [-0.15, -0.1) is 0 Å². The molecule has 2 aromatic carbocycles. The minimum Gasteiger partial charge on any atom is -0.341 e. The van der Waals surface area contributed by atoms with Gasteiger partial charge in [-0.25, -0.2) is 0 Å². The van der Waals surface area contributed by atoms with Gasteiger partial charge in [-0.2, -0.15) is 0 Å². The normalized spacial score (nSPS) is 17.9. The highest BCUT2D eigenvalue weighted by Gasteiger charge is 2.31. The fraction of sp³-hybridized carbons (Fsp3) is 0.391. The van der Waals surface area contributed by atoms with E-state index in [1.54, 1.807) is 0 Å². The summed E-state index contributed by atoms with van der Waals surface area (Å²) in [6.45, 7) is 2.75. The van der Waals surface area contributed by atoms with Crippen molar-refractivity contribution in [3.8, 4) is 11.1 Å². The zero-order valence-corrected chi connectivity index (χ0v) is 15.6. The molecule has 27 heavy (non-hydrogen) atoms. The predicted octanol–water partition coefficient (Wildman–Crippen LogP) is 3.83. The predicted molar refractivity (Wildman–Crippen MR) is 106 cm³/mol. The molecule has 2 aromatic rings. The van der Waals surface area contributed by atoms with E-state index in [9.17, 15) is 9.59 Å². The van der Waals surface area contributed by atoms with Crippen LogP contribution in [0.15, 0.2) is 54.6 Å². The minimum absolute atomic E-state index is 0.0609. The van der Waals surface area contributed by atoms with Crippen molar-refractivity contribution in [3.05, 3.63) is 60.2 Å². The van der Waals surface area contributed by atoms with E-state index in [1.165, 1.54) is 6.42 Å². The monoisotopic (exact) mass is 362 g/mol. The molecule has 1 saturated heterocycles. The lowest BCUT2D eigenvalue weighted by molar-refractivity contribution is -0.138. The van der Waals surface area contributed by atoms with E-state index in [1.807, 2.05) is 52.3 Å². The zero-order valence-electron chi connectivity index (χ0n) is 15.6. The first kappa shape index (κ1) is 17.8. The fourth-order valence-electron chi connectivity index (χ4n) is 3.90. The number of benzene rings is 2. The molecule has 0 spiro atoms. The third-order valence-corrected chi connectivity index (χ3v) is 5.77. The van der Waals surface area contributed by atoms with Crippen LogP contribution >= 0.6 is 0 Å². The Hall–Kier alpha value is -2.62. The van der Waals surface area contributed by atoms with Crippen LogP contribution in [0.25, 0.3) is 11.1 Å². The van der Waals surface area contributed by atoms with Crippen LogP contribution in [0, 0.1) is 5.92 Å². The number of hydrogen-bond acceptors (Lipinski definition) is 2. The average Bonchev–Trinajstić information content (AvgIpc) is 2.93. The van der Waals surface area contributed by atoms with E-state index >= 15 is 0 Å². The maximum Gasteiger partial charge on any atom is 0.253 e. The number of rotatable bonds is 3. The van der Waals surface area contributed by atoms with Crippen LogP contribution in [-0.2, 0) is 4.79 Å². The quantitative estimate of drug-likeness (QED) is 0.833. The third kappa shape index (κ3) is 3.90. The largest absolute Gasteiger partial charge is 0.341 e. The molecule has 0 unspecified atom stereocenters. The van der Waals surface area contributed by atoms with Gasteiger partial charge in [0.1, 0.15) is 0 Å². The van der Waals surface area contributed by atoms with Crippen molar-refractivity contribution in [2.75, 3.05) is 26.2 Å². The van der Waals surface area contributed by atoms with Gasteiger partial charge < -0.3 is 9.80 Å². The Morgan fingerprint density at radius 1 is 0.741 bits per heavy atom. The van der Waals surface area contributed by atoms with Crippen molar-refractivity contribution in [3.63, 3.8) is 0 Å². The molecule has 1 saturated carbocycles. The van der Waals surface area contributed by atoms with Gasteiger partial charge in [0.2, 0.25) is 5.91 Å². The van der Waals surface area contributed by atoms with Crippen molar-refractivity contribution in [2.24, 2.45) is 5.92 Å². The Balaban J connectivity index is 1.44. The summed E-state index contributed by atoms with van der Waals surface area (Å²) in [4.78, 5) is 29.4. The van der Waals surface area contributed by atoms with Crippen LogP contribution in [0.4, 0.5) is 0 Å². The molecule has 2 amide bonds. The molecule has 0 radical (unpaired) electrons. The molecule has 0 atom stereocenters. The molecule has 1 aliphatic carbocycles. The first-order valence-corrected chi connectivity index (χ1v) is 9.96. The Morgan fingerprint density at radius 3 is 2.19 bits per heavy atom. The molecule has 0 bridgehead atoms. The summed E-state index contributed by atoms with van der Waals surface area (Å²) in [5.41, 5.74) is 2.88. The number of amides is 2. The van der Waals surface area contributed by atoms with Crippen LogP contribution < -0.4 is 0 Å². The van der Waals surface area contributed by atoms with Crippen LogP contribution in [0.5, 0.6) is 0 Å². The first-order chi connectivity index (χ1) is 13.2. The van der Waals surface area contributed by atoms with Gasteiger partial charge in [0.15, 0.2) is 0 Å². The number of nitrogens with zero attached hydrogens (tertiary/aromatic N) is 2. The summed E-state index contributed by atoms with van der Waals surface area (Å²) >= 11 is 0. The summed E-state index contributed by atoms with van der Waals surface area (Å²) in [7, 11) is 0. The van der Waals surface area contributed by atoms with E-state index in [2.05, 4.69) is 12.1 Å². The second-order valence-electron chi connectivity index (χ2n) is 7.55. The van der Waals surface area contributed by atoms with E-state index < -0.39 is 0 Å². The third-order valence-electron chi connectivity index (χ3n) is 5.77. The van der Waals surface area contributed by atoms with Gasteiger partial charge in [0.05, 0.1) is 0 Å². The Kier molecular flexibility index (Phi) is 5.23. The van der Waals surface area contributed by atoms with E-state index in [-0.39, 0.29) is 11.8 Å². The van der Waals surface area contributed by atoms with Crippen molar-refractivity contribution in [1.29, 1.82) is 0 Å². The molecule has 1 aliphatic heterocycles. The summed E-state index contributed by atoms with van der Waals surface area (Å²) in [5, 5.41) is 0. The smallest absolute Gasteiger partial charge is 0.253 e. The molecule has 1 heterocycles. The summed E-state index contributed by atoms with van der Waals surface area (Å²) in [5.74, 6) is 0.585. The van der Waals surface area contributed by atoms with Crippen molar-refractivity contribution >= 4 is 11.8 Å². The maximum atomic E-state index is 13.0. The molecule has 0 aromatic heterocycles. The van der Waals surface area contributed by atoms with Crippen molar-refractivity contribution in [1.82, 2.24) is 9.80 Å². The topological polar surface area (TPSA) is 40.6 Å². The summed E-state index contributed by atoms with van der Waals surface area (Å²) in [6, 6.07) is 18.0. The molecular weight excluding hydrogens is 336 g/mol. The van der Waals surface area contributed by atoms with Gasteiger partial charge in [-0.1, -0.05) is 48.9 Å². The highest BCUT2D eigenvalue weighted by molar-refractivity contribution is 5.95. The van der Waals surface area contributed by atoms with E-state index in [4.69, 9.17) is 0 Å². The van der Waals surface area contributed by atoms with E-state index in [0.29, 0.717) is 25.5 Å². The Bertz CT molecular complexity index is 814. The zero-order chi connectivity index (χ0) is 18.6. The maximum absolute atomic E-state index is 13.0. The molecule has 4 heteroatoms. The molecule has 0 N–H and O–H groups in total. The van der Waals surface area contributed by atoms with Gasteiger partial charge in [-0.3, -0.25) is 9.59 Å². The van der Waals surface area contributed by atoms with Crippen molar-refractivity contribution < 1.29 is 9.59 Å². The van der Waals surface area contributed by atoms with Gasteiger partial charge in [-0.05, 0) is 42.5 Å². The molecule has 4 rings (SSSR count). The molecule has 2 fully saturated rings. The molecule has 2 aliphatic rings. The Morgan fingerprint density at radius 2 is 1.44 bits per heavy atom. The molecular formula is C23H26N2O2. The summed E-state index contributed by atoms with van der Waals surface area (Å²) in [6.07, 6.45) is 4.09. The van der Waals surface area contributed by atoms with Crippen LogP contribution in [0.3, 0.4) is 0 Å². The Labute approximate surface area is 160 Å². The first-order valence-electron chi connectivity index (χ1n) is 9.96. The average molecular weight is 362 g/mol. The lowest BCUT2D eigenvalue weighted by Crippen LogP contribution is -2.41. The minimum atomic E-state index is 0.0609. The highest BCUT2D eigenvalue weighted by Crippen LogP contribution is 2.28. The molecule has 4 nitrogen and oxygen atoms in total. The number of carbonyl (C=O) groups is 2. The van der Waals surface area contributed by atoms with Crippen LogP contribution in [-0.4, -0.2) is 47.8 Å². The van der Waals surface area contributed by atoms with Crippen LogP contribution in [0.2, 0.25) is 0 Å². The van der Waals surface area contributed by atoms with Crippen molar-refractivity contribution in [2.45, 2.75) is 25.7 Å².